The average molecular weight is 817 g/mol. The van der Waals surface area contributed by atoms with Crippen molar-refractivity contribution >= 4 is 11.9 Å². The maximum absolute atomic E-state index is 12.8. The van der Waals surface area contributed by atoms with Crippen LogP contribution < -0.4 is 0 Å². The molecule has 0 spiro atoms. The van der Waals surface area contributed by atoms with Crippen LogP contribution in [0.3, 0.4) is 0 Å². The molecule has 0 saturated heterocycles. The Kier molecular flexibility index (Phi) is 48.4. The molecule has 0 heterocycles. The molecule has 1 unspecified atom stereocenters. The van der Waals surface area contributed by atoms with Gasteiger partial charge in [0.15, 0.2) is 6.10 Å². The number of carbonyl (C=O) groups is 2. The fourth-order valence-corrected chi connectivity index (χ4v) is 7.56. The standard InChI is InChI=1S/C53H100O5/c1-4-7-10-13-16-19-22-25-27-29-31-34-37-40-43-46-52(54)57-50-51(49-56-48-45-42-39-36-33-30-26-23-20-17-14-11-8-5-2)58-53(55)47-44-41-38-35-32-28-24-21-18-15-12-9-6-3/h21,24-25,27,51H,4-20,22-23,26,28-50H2,1-3H3/b24-21-,27-25-. The summed E-state index contributed by atoms with van der Waals surface area (Å²) in [6.45, 7) is 7.84. The summed E-state index contributed by atoms with van der Waals surface area (Å²) < 4.78 is 17.4. The van der Waals surface area contributed by atoms with Crippen molar-refractivity contribution in [2.24, 2.45) is 0 Å². The lowest BCUT2D eigenvalue weighted by molar-refractivity contribution is -0.163. The lowest BCUT2D eigenvalue weighted by atomic mass is 10.0. The van der Waals surface area contributed by atoms with Gasteiger partial charge < -0.3 is 14.2 Å². The molecule has 0 rings (SSSR count). The van der Waals surface area contributed by atoms with E-state index in [0.29, 0.717) is 19.4 Å². The number of esters is 2. The van der Waals surface area contributed by atoms with Crippen LogP contribution in [0.4, 0.5) is 0 Å². The SMILES string of the molecule is CCCCCC/C=C\CCCCCCCC(=O)OC(COCCCCCCCCCCCCCCCC)COC(=O)CCCCCCC/C=C\CCCCCCCC. The highest BCUT2D eigenvalue weighted by atomic mass is 16.6. The largest absolute Gasteiger partial charge is 0.462 e. The van der Waals surface area contributed by atoms with E-state index >= 15 is 0 Å². The van der Waals surface area contributed by atoms with E-state index in [2.05, 4.69) is 45.1 Å². The number of ether oxygens (including phenoxy) is 3. The van der Waals surface area contributed by atoms with Crippen molar-refractivity contribution in [2.45, 2.75) is 284 Å². The molecular weight excluding hydrogens is 717 g/mol. The van der Waals surface area contributed by atoms with E-state index < -0.39 is 6.10 Å². The van der Waals surface area contributed by atoms with Gasteiger partial charge >= 0.3 is 11.9 Å². The maximum Gasteiger partial charge on any atom is 0.306 e. The van der Waals surface area contributed by atoms with Crippen molar-refractivity contribution in [1.82, 2.24) is 0 Å². The quantitative estimate of drug-likeness (QED) is 0.0348. The van der Waals surface area contributed by atoms with Crippen LogP contribution in [0.15, 0.2) is 24.3 Å². The molecule has 0 N–H and O–H groups in total. The molecule has 5 heteroatoms. The van der Waals surface area contributed by atoms with Gasteiger partial charge in [-0.2, -0.15) is 0 Å². The first-order valence-electron chi connectivity index (χ1n) is 25.9. The Morgan fingerprint density at radius 3 is 1.07 bits per heavy atom. The predicted octanol–water partition coefficient (Wildman–Crippen LogP) is 17.2. The third-order valence-electron chi connectivity index (χ3n) is 11.5. The van der Waals surface area contributed by atoms with Gasteiger partial charge in [-0.25, -0.2) is 0 Å². The summed E-state index contributed by atoms with van der Waals surface area (Å²) in [5.41, 5.74) is 0. The maximum atomic E-state index is 12.8. The Morgan fingerprint density at radius 1 is 0.362 bits per heavy atom. The van der Waals surface area contributed by atoms with Crippen LogP contribution in [-0.4, -0.2) is 37.9 Å². The minimum absolute atomic E-state index is 0.0838. The second-order valence-electron chi connectivity index (χ2n) is 17.4. The summed E-state index contributed by atoms with van der Waals surface area (Å²) in [6, 6.07) is 0. The third-order valence-corrected chi connectivity index (χ3v) is 11.5. The lowest BCUT2D eigenvalue weighted by Gasteiger charge is -2.18. The fraction of sp³-hybridized carbons (Fsp3) is 0.887. The van der Waals surface area contributed by atoms with Crippen LogP contribution in [-0.2, 0) is 23.8 Å². The van der Waals surface area contributed by atoms with Crippen molar-refractivity contribution in [1.29, 1.82) is 0 Å². The zero-order valence-corrected chi connectivity index (χ0v) is 39.3. The van der Waals surface area contributed by atoms with Crippen LogP contribution in [0.1, 0.15) is 278 Å². The van der Waals surface area contributed by atoms with Crippen molar-refractivity contribution in [3.8, 4) is 0 Å². The first-order valence-corrected chi connectivity index (χ1v) is 25.9. The van der Waals surface area contributed by atoms with E-state index in [0.717, 1.165) is 57.8 Å². The highest BCUT2D eigenvalue weighted by Crippen LogP contribution is 2.15. The topological polar surface area (TPSA) is 61.8 Å². The molecule has 0 bridgehead atoms. The average Bonchev–Trinajstić information content (AvgIpc) is 3.22. The Morgan fingerprint density at radius 2 is 0.672 bits per heavy atom. The Bertz CT molecular complexity index is 882. The van der Waals surface area contributed by atoms with Crippen molar-refractivity contribution in [2.75, 3.05) is 19.8 Å². The number of carbonyl (C=O) groups excluding carboxylic acids is 2. The number of hydrogen-bond donors (Lipinski definition) is 0. The van der Waals surface area contributed by atoms with Gasteiger partial charge in [0.1, 0.15) is 6.61 Å². The molecular formula is C53H100O5. The molecule has 0 aromatic rings. The number of unbranched alkanes of at least 4 members (excludes halogenated alkanes) is 33. The summed E-state index contributed by atoms with van der Waals surface area (Å²) in [5.74, 6) is -0.401. The van der Waals surface area contributed by atoms with Crippen LogP contribution in [0.2, 0.25) is 0 Å². The number of rotatable bonds is 48. The molecule has 0 aliphatic rings. The van der Waals surface area contributed by atoms with Gasteiger partial charge in [-0.1, -0.05) is 218 Å². The van der Waals surface area contributed by atoms with Gasteiger partial charge in [-0.3, -0.25) is 9.59 Å². The van der Waals surface area contributed by atoms with E-state index in [-0.39, 0.29) is 25.2 Å². The van der Waals surface area contributed by atoms with Crippen LogP contribution in [0, 0.1) is 0 Å². The molecule has 0 saturated carbocycles. The van der Waals surface area contributed by atoms with Gasteiger partial charge in [-0.05, 0) is 70.6 Å². The highest BCUT2D eigenvalue weighted by Gasteiger charge is 2.17. The molecule has 0 aromatic heterocycles. The van der Waals surface area contributed by atoms with E-state index in [1.54, 1.807) is 0 Å². The Balaban J connectivity index is 4.24. The molecule has 0 aliphatic heterocycles. The van der Waals surface area contributed by atoms with Crippen LogP contribution in [0.5, 0.6) is 0 Å². The molecule has 0 aliphatic carbocycles. The molecule has 0 fully saturated rings. The molecule has 0 aromatic carbocycles. The van der Waals surface area contributed by atoms with Crippen molar-refractivity contribution in [3.05, 3.63) is 24.3 Å². The highest BCUT2D eigenvalue weighted by molar-refractivity contribution is 5.70. The lowest BCUT2D eigenvalue weighted by Crippen LogP contribution is -2.30. The third kappa shape index (κ3) is 47.1. The Hall–Kier alpha value is -1.62. The van der Waals surface area contributed by atoms with Crippen molar-refractivity contribution < 1.29 is 23.8 Å². The predicted molar refractivity (Wildman–Crippen MR) is 252 cm³/mol. The smallest absolute Gasteiger partial charge is 0.306 e. The van der Waals surface area contributed by atoms with E-state index in [1.807, 2.05) is 0 Å². The van der Waals surface area contributed by atoms with Gasteiger partial charge in [-0.15, -0.1) is 0 Å². The molecule has 58 heavy (non-hydrogen) atoms. The number of allylic oxidation sites excluding steroid dienone is 4. The summed E-state index contributed by atoms with van der Waals surface area (Å²) in [7, 11) is 0. The van der Waals surface area contributed by atoms with Crippen LogP contribution in [0.25, 0.3) is 0 Å². The molecule has 0 radical (unpaired) electrons. The summed E-state index contributed by atoms with van der Waals surface area (Å²) in [4.78, 5) is 25.4. The molecule has 342 valence electrons. The zero-order chi connectivity index (χ0) is 42.1. The van der Waals surface area contributed by atoms with E-state index in [9.17, 15) is 9.59 Å². The first-order chi connectivity index (χ1) is 28.6. The minimum Gasteiger partial charge on any atom is -0.462 e. The first kappa shape index (κ1) is 56.4. The summed E-state index contributed by atoms with van der Waals surface area (Å²) in [5, 5.41) is 0. The second-order valence-corrected chi connectivity index (χ2v) is 17.4. The molecule has 0 amide bonds. The van der Waals surface area contributed by atoms with Gasteiger partial charge in [0, 0.05) is 19.4 Å². The number of hydrogen-bond acceptors (Lipinski definition) is 5. The minimum atomic E-state index is -0.536. The molecule has 1 atom stereocenters. The molecule has 5 nitrogen and oxygen atoms in total. The van der Waals surface area contributed by atoms with Gasteiger partial charge in [0.25, 0.3) is 0 Å². The Labute approximate surface area is 362 Å². The normalized spacial score (nSPS) is 12.3. The van der Waals surface area contributed by atoms with Gasteiger partial charge in [0.2, 0.25) is 0 Å². The van der Waals surface area contributed by atoms with E-state index in [1.165, 1.54) is 186 Å². The summed E-state index contributed by atoms with van der Waals surface area (Å²) in [6.07, 6.45) is 57.5. The monoisotopic (exact) mass is 817 g/mol. The summed E-state index contributed by atoms with van der Waals surface area (Å²) >= 11 is 0. The fourth-order valence-electron chi connectivity index (χ4n) is 7.56. The van der Waals surface area contributed by atoms with Crippen LogP contribution >= 0.6 is 0 Å². The second kappa shape index (κ2) is 49.7. The van der Waals surface area contributed by atoms with Gasteiger partial charge in [0.05, 0.1) is 6.61 Å². The van der Waals surface area contributed by atoms with Crippen molar-refractivity contribution in [3.63, 3.8) is 0 Å². The zero-order valence-electron chi connectivity index (χ0n) is 39.3. The van der Waals surface area contributed by atoms with E-state index in [4.69, 9.17) is 14.2 Å².